The number of carbonyl (C=O) groups is 1. The molecule has 30 heavy (non-hydrogen) atoms. The molecule has 0 aliphatic rings. The van der Waals surface area contributed by atoms with Crippen LogP contribution in [0.2, 0.25) is 0 Å². The van der Waals surface area contributed by atoms with Gasteiger partial charge in [0.05, 0.1) is 12.5 Å². The van der Waals surface area contributed by atoms with Crippen LogP contribution in [0.4, 0.5) is 57.1 Å². The lowest BCUT2D eigenvalue weighted by Crippen LogP contribution is -2.70. The Morgan fingerprint density at radius 3 is 1.47 bits per heavy atom. The van der Waals surface area contributed by atoms with Crippen molar-refractivity contribution in [1.82, 2.24) is 0 Å². The van der Waals surface area contributed by atoms with Gasteiger partial charge in [-0.3, -0.25) is 4.79 Å². The third kappa shape index (κ3) is 4.89. The summed E-state index contributed by atoms with van der Waals surface area (Å²) < 4.78 is 174. The van der Waals surface area contributed by atoms with Gasteiger partial charge in [0.25, 0.3) is 0 Å². The molecular formula is C15H17F13O2. The summed E-state index contributed by atoms with van der Waals surface area (Å²) in [6.45, 7) is 3.46. The molecule has 180 valence electrons. The molecule has 0 N–H and O–H groups in total. The van der Waals surface area contributed by atoms with Crippen molar-refractivity contribution in [2.45, 2.75) is 69.4 Å². The van der Waals surface area contributed by atoms with Crippen LogP contribution in [0, 0.1) is 11.8 Å². The fraction of sp³-hybridized carbons (Fsp3) is 0.933. The number of rotatable bonds is 10. The van der Waals surface area contributed by atoms with Crippen LogP contribution in [0.3, 0.4) is 0 Å². The molecule has 0 aliphatic heterocycles. The van der Waals surface area contributed by atoms with E-state index in [2.05, 4.69) is 4.74 Å². The molecule has 15 heteroatoms. The number of hydrogen-bond donors (Lipinski definition) is 0. The summed E-state index contributed by atoms with van der Waals surface area (Å²) in [4.78, 5) is 11.6. The number of alkyl halides is 13. The first-order valence-corrected chi connectivity index (χ1v) is 8.13. The molecule has 0 saturated heterocycles. The number of ether oxygens (including phenoxy) is 1. The van der Waals surface area contributed by atoms with E-state index in [0.29, 0.717) is 0 Å². The maximum absolute atomic E-state index is 13.8. The fourth-order valence-electron chi connectivity index (χ4n) is 2.00. The highest BCUT2D eigenvalue weighted by molar-refractivity contribution is 5.72. The van der Waals surface area contributed by atoms with Gasteiger partial charge in [-0.25, -0.2) is 0 Å². The molecule has 0 aromatic rings. The molecule has 2 nitrogen and oxygen atoms in total. The van der Waals surface area contributed by atoms with Gasteiger partial charge in [-0.2, -0.15) is 57.1 Å². The third-order valence-corrected chi connectivity index (χ3v) is 3.89. The zero-order valence-electron chi connectivity index (χ0n) is 15.5. The Labute approximate surface area is 161 Å². The zero-order valence-corrected chi connectivity index (χ0v) is 15.5. The van der Waals surface area contributed by atoms with E-state index in [1.165, 1.54) is 13.8 Å². The number of carbonyl (C=O) groups excluding carboxylic acids is 1. The van der Waals surface area contributed by atoms with Gasteiger partial charge in [0, 0.05) is 6.42 Å². The average Bonchev–Trinajstić information content (AvgIpc) is 2.55. The Bertz CT molecular complexity index is 596. The van der Waals surface area contributed by atoms with E-state index in [0.717, 1.165) is 6.92 Å². The van der Waals surface area contributed by atoms with Crippen LogP contribution in [-0.2, 0) is 9.53 Å². The maximum atomic E-state index is 13.8. The van der Waals surface area contributed by atoms with Crippen molar-refractivity contribution in [3.63, 3.8) is 0 Å². The summed E-state index contributed by atoms with van der Waals surface area (Å²) in [6.07, 6.45) is -10.8. The van der Waals surface area contributed by atoms with Gasteiger partial charge in [0.1, 0.15) is 0 Å². The Balaban J connectivity index is 6.03. The van der Waals surface area contributed by atoms with Gasteiger partial charge in [-0.05, 0) is 12.3 Å². The molecule has 0 rings (SSSR count). The minimum Gasteiger partial charge on any atom is -0.465 e. The second-order valence-corrected chi connectivity index (χ2v) is 6.83. The molecule has 0 fully saturated rings. The van der Waals surface area contributed by atoms with E-state index in [-0.39, 0.29) is 5.92 Å². The van der Waals surface area contributed by atoms with E-state index in [9.17, 15) is 61.9 Å². The molecule has 0 saturated carbocycles. The summed E-state index contributed by atoms with van der Waals surface area (Å²) in [7, 11) is 0. The molecule has 0 aromatic carbocycles. The monoisotopic (exact) mass is 476 g/mol. The topological polar surface area (TPSA) is 26.3 Å². The van der Waals surface area contributed by atoms with Crippen molar-refractivity contribution in [2.75, 3.05) is 6.61 Å². The summed E-state index contributed by atoms with van der Waals surface area (Å²) in [6, 6.07) is 0. The highest BCUT2D eigenvalue weighted by Gasteiger charge is 2.90. The van der Waals surface area contributed by atoms with Crippen molar-refractivity contribution in [3.05, 3.63) is 0 Å². The highest BCUT2D eigenvalue weighted by Crippen LogP contribution is 2.61. The van der Waals surface area contributed by atoms with Gasteiger partial charge in [0.2, 0.25) is 0 Å². The van der Waals surface area contributed by atoms with Crippen LogP contribution in [0.15, 0.2) is 0 Å². The number of hydrogen-bond acceptors (Lipinski definition) is 2. The molecule has 0 spiro atoms. The molecule has 1 unspecified atom stereocenters. The van der Waals surface area contributed by atoms with Crippen molar-refractivity contribution >= 4 is 5.97 Å². The molecule has 0 heterocycles. The predicted octanol–water partition coefficient (Wildman–Crippen LogP) is 6.34. The molecule has 0 aliphatic carbocycles. The minimum absolute atomic E-state index is 0.374. The van der Waals surface area contributed by atoms with E-state index in [1.807, 2.05) is 0 Å². The van der Waals surface area contributed by atoms with Crippen LogP contribution in [0.25, 0.3) is 0 Å². The van der Waals surface area contributed by atoms with Crippen molar-refractivity contribution in [3.8, 4) is 0 Å². The predicted molar refractivity (Wildman–Crippen MR) is 75.0 cm³/mol. The van der Waals surface area contributed by atoms with Crippen LogP contribution in [0.1, 0.15) is 33.6 Å². The van der Waals surface area contributed by atoms with Crippen LogP contribution < -0.4 is 0 Å². The smallest absolute Gasteiger partial charge is 0.460 e. The van der Waals surface area contributed by atoms with Crippen molar-refractivity contribution in [1.29, 1.82) is 0 Å². The molecule has 0 aromatic heterocycles. The van der Waals surface area contributed by atoms with Gasteiger partial charge < -0.3 is 4.74 Å². The minimum atomic E-state index is -7.95. The Morgan fingerprint density at radius 2 is 1.13 bits per heavy atom. The Hall–Kier alpha value is -1.44. The van der Waals surface area contributed by atoms with Gasteiger partial charge >= 0.3 is 41.8 Å². The second-order valence-electron chi connectivity index (χ2n) is 6.83. The van der Waals surface area contributed by atoms with E-state index in [1.54, 1.807) is 0 Å². The van der Waals surface area contributed by atoms with E-state index in [4.69, 9.17) is 0 Å². The maximum Gasteiger partial charge on any atom is 0.460 e. The molecule has 1 atom stereocenters. The first kappa shape index (κ1) is 28.6. The van der Waals surface area contributed by atoms with Crippen molar-refractivity contribution in [2.24, 2.45) is 11.8 Å². The lowest BCUT2D eigenvalue weighted by molar-refractivity contribution is -0.440. The lowest BCUT2D eigenvalue weighted by Gasteiger charge is -2.40. The van der Waals surface area contributed by atoms with Gasteiger partial charge in [-0.15, -0.1) is 0 Å². The molecular weight excluding hydrogens is 459 g/mol. The molecule has 0 bridgehead atoms. The lowest BCUT2D eigenvalue weighted by atomic mass is 9.88. The van der Waals surface area contributed by atoms with Crippen LogP contribution >= 0.6 is 0 Å². The van der Waals surface area contributed by atoms with E-state index < -0.39 is 67.1 Å². The normalized spacial score (nSPS) is 16.0. The molecule has 0 amide bonds. The van der Waals surface area contributed by atoms with Gasteiger partial charge in [0.15, 0.2) is 0 Å². The van der Waals surface area contributed by atoms with Crippen molar-refractivity contribution < 1.29 is 66.6 Å². The van der Waals surface area contributed by atoms with Crippen LogP contribution in [0.5, 0.6) is 0 Å². The second kappa shape index (κ2) is 8.60. The average molecular weight is 476 g/mol. The Kier molecular flexibility index (Phi) is 8.18. The quantitative estimate of drug-likeness (QED) is 0.272. The molecule has 0 radical (unpaired) electrons. The number of halogens is 13. The van der Waals surface area contributed by atoms with E-state index >= 15 is 0 Å². The summed E-state index contributed by atoms with van der Waals surface area (Å²) in [5, 5.41) is 0. The highest BCUT2D eigenvalue weighted by atomic mass is 19.4. The summed E-state index contributed by atoms with van der Waals surface area (Å²) in [5.74, 6) is -41.5. The van der Waals surface area contributed by atoms with Crippen LogP contribution in [-0.4, -0.2) is 48.4 Å². The zero-order chi connectivity index (χ0) is 24.6. The Morgan fingerprint density at radius 1 is 0.733 bits per heavy atom. The standard InChI is InChI=1S/C15H17F13O2/c1-4-8(9(29)30-6-7(2)3)5-10(16,17)11(18,19)12(20,21)13(22,23)14(24,25)15(26,27)28/h7-8H,4-6H2,1-3H3. The number of esters is 1. The first-order valence-electron chi connectivity index (χ1n) is 8.13. The fourth-order valence-corrected chi connectivity index (χ4v) is 2.00. The third-order valence-electron chi connectivity index (χ3n) is 3.89. The van der Waals surface area contributed by atoms with Gasteiger partial charge in [-0.1, -0.05) is 20.8 Å². The first-order chi connectivity index (χ1) is 13.0. The SMILES string of the molecule is CCC(CC(F)(F)C(F)(F)C(F)(F)C(F)(F)C(F)(F)C(F)(F)F)C(=O)OCC(C)C. The summed E-state index contributed by atoms with van der Waals surface area (Å²) in [5.41, 5.74) is 0. The largest absolute Gasteiger partial charge is 0.465 e. The summed E-state index contributed by atoms with van der Waals surface area (Å²) >= 11 is 0.